The van der Waals surface area contributed by atoms with Crippen LogP contribution in [0.1, 0.15) is 50.4 Å². The molecule has 1 aliphatic rings. The molecule has 0 saturated heterocycles. The summed E-state index contributed by atoms with van der Waals surface area (Å²) in [5.74, 6) is 0.867. The molecule has 2 N–H and O–H groups in total. The van der Waals surface area contributed by atoms with Gasteiger partial charge in [0.25, 0.3) is 0 Å². The van der Waals surface area contributed by atoms with Crippen LogP contribution in [0.5, 0.6) is 0 Å². The summed E-state index contributed by atoms with van der Waals surface area (Å²) in [5.41, 5.74) is 6.37. The van der Waals surface area contributed by atoms with Crippen molar-refractivity contribution < 1.29 is 0 Å². The summed E-state index contributed by atoms with van der Waals surface area (Å²) in [6.07, 6.45) is 5.17. The topological polar surface area (TPSA) is 29.3 Å². The second-order valence-electron chi connectivity index (χ2n) is 5.75. The van der Waals surface area contributed by atoms with Gasteiger partial charge in [-0.15, -0.1) is 11.3 Å². The van der Waals surface area contributed by atoms with Crippen molar-refractivity contribution in [2.24, 2.45) is 11.7 Å². The first-order chi connectivity index (χ1) is 8.63. The highest BCUT2D eigenvalue weighted by molar-refractivity contribution is 7.10. The second kappa shape index (κ2) is 5.72. The predicted molar refractivity (Wildman–Crippen MR) is 79.9 cm³/mol. The smallest absolute Gasteiger partial charge is 0.0416 e. The van der Waals surface area contributed by atoms with Gasteiger partial charge in [0.05, 0.1) is 0 Å². The van der Waals surface area contributed by atoms with Crippen molar-refractivity contribution in [3.63, 3.8) is 0 Å². The molecular formula is C15H26N2S. The number of thiophene rings is 1. The Hall–Kier alpha value is -0.380. The van der Waals surface area contributed by atoms with Gasteiger partial charge >= 0.3 is 0 Å². The van der Waals surface area contributed by atoms with Gasteiger partial charge in [0.2, 0.25) is 0 Å². The highest BCUT2D eigenvalue weighted by Gasteiger charge is 2.42. The lowest BCUT2D eigenvalue weighted by Gasteiger charge is -2.42. The molecule has 0 aromatic carbocycles. The SMILES string of the molecule is CCC1CCC(CN)(N(C)C(C)c2cccs2)C1. The molecule has 0 radical (unpaired) electrons. The van der Waals surface area contributed by atoms with E-state index in [0.717, 1.165) is 12.5 Å². The van der Waals surface area contributed by atoms with Crippen LogP contribution in [0.2, 0.25) is 0 Å². The van der Waals surface area contributed by atoms with Crippen molar-refractivity contribution in [1.82, 2.24) is 4.90 Å². The molecule has 1 saturated carbocycles. The van der Waals surface area contributed by atoms with Crippen LogP contribution in [0.15, 0.2) is 17.5 Å². The first-order valence-electron chi connectivity index (χ1n) is 7.09. The molecule has 1 aromatic rings. The first kappa shape index (κ1) is 14.0. The fourth-order valence-corrected chi connectivity index (χ4v) is 4.17. The van der Waals surface area contributed by atoms with Crippen LogP contribution in [-0.2, 0) is 0 Å². The van der Waals surface area contributed by atoms with Crippen LogP contribution in [0, 0.1) is 5.92 Å². The van der Waals surface area contributed by atoms with Gasteiger partial charge in [-0.2, -0.15) is 0 Å². The highest BCUT2D eigenvalue weighted by atomic mass is 32.1. The number of hydrogen-bond acceptors (Lipinski definition) is 3. The monoisotopic (exact) mass is 266 g/mol. The molecule has 0 bridgehead atoms. The lowest BCUT2D eigenvalue weighted by molar-refractivity contribution is 0.0869. The Morgan fingerprint density at radius 2 is 2.39 bits per heavy atom. The first-order valence-corrected chi connectivity index (χ1v) is 7.97. The van der Waals surface area contributed by atoms with Gasteiger partial charge in [0.1, 0.15) is 0 Å². The minimum atomic E-state index is 0.226. The predicted octanol–water partition coefficient (Wildman–Crippen LogP) is 3.65. The van der Waals surface area contributed by atoms with E-state index in [9.17, 15) is 0 Å². The van der Waals surface area contributed by atoms with Crippen molar-refractivity contribution in [2.45, 2.75) is 51.1 Å². The van der Waals surface area contributed by atoms with Gasteiger partial charge in [0, 0.05) is 23.0 Å². The molecule has 102 valence electrons. The highest BCUT2D eigenvalue weighted by Crippen LogP contribution is 2.42. The van der Waals surface area contributed by atoms with E-state index in [0.29, 0.717) is 6.04 Å². The zero-order valence-electron chi connectivity index (χ0n) is 11.9. The second-order valence-corrected chi connectivity index (χ2v) is 6.73. The van der Waals surface area contributed by atoms with Gasteiger partial charge in [0.15, 0.2) is 0 Å². The van der Waals surface area contributed by atoms with E-state index in [4.69, 9.17) is 5.73 Å². The Morgan fingerprint density at radius 1 is 1.61 bits per heavy atom. The molecule has 18 heavy (non-hydrogen) atoms. The Morgan fingerprint density at radius 3 is 2.89 bits per heavy atom. The summed E-state index contributed by atoms with van der Waals surface area (Å²) in [4.78, 5) is 3.99. The van der Waals surface area contributed by atoms with Gasteiger partial charge in [-0.05, 0) is 50.6 Å². The third kappa shape index (κ3) is 2.49. The minimum Gasteiger partial charge on any atom is -0.329 e. The Kier molecular flexibility index (Phi) is 4.46. The summed E-state index contributed by atoms with van der Waals surface area (Å²) < 4.78 is 0. The molecule has 2 rings (SSSR count). The van der Waals surface area contributed by atoms with E-state index in [2.05, 4.69) is 43.3 Å². The number of rotatable bonds is 5. The lowest BCUT2D eigenvalue weighted by Crippen LogP contribution is -2.51. The van der Waals surface area contributed by atoms with E-state index in [-0.39, 0.29) is 5.54 Å². The molecule has 3 unspecified atom stereocenters. The molecule has 0 aliphatic heterocycles. The molecule has 3 heteroatoms. The van der Waals surface area contributed by atoms with Crippen molar-refractivity contribution >= 4 is 11.3 Å². The van der Waals surface area contributed by atoms with E-state index >= 15 is 0 Å². The standard InChI is InChI=1S/C15H26N2S/c1-4-13-7-8-15(10-13,11-16)17(3)12(2)14-6-5-9-18-14/h5-6,9,12-13H,4,7-8,10-11,16H2,1-3H3. The number of nitrogens with zero attached hydrogens (tertiary/aromatic N) is 1. The maximum atomic E-state index is 6.14. The van der Waals surface area contributed by atoms with Crippen molar-refractivity contribution in [3.8, 4) is 0 Å². The van der Waals surface area contributed by atoms with Gasteiger partial charge < -0.3 is 5.73 Å². The molecule has 1 fully saturated rings. The molecule has 1 heterocycles. The molecule has 1 aromatic heterocycles. The van der Waals surface area contributed by atoms with Crippen LogP contribution < -0.4 is 5.73 Å². The van der Waals surface area contributed by atoms with Crippen LogP contribution in [0.4, 0.5) is 0 Å². The third-order valence-corrected chi connectivity index (χ3v) is 5.97. The zero-order chi connectivity index (χ0) is 13.2. The average Bonchev–Trinajstić information content (AvgIpc) is 3.06. The summed E-state index contributed by atoms with van der Waals surface area (Å²) in [6, 6.07) is 4.86. The van der Waals surface area contributed by atoms with Crippen molar-refractivity contribution in [2.75, 3.05) is 13.6 Å². The van der Waals surface area contributed by atoms with Crippen LogP contribution in [0.3, 0.4) is 0 Å². The van der Waals surface area contributed by atoms with Crippen molar-refractivity contribution in [1.29, 1.82) is 0 Å². The maximum absolute atomic E-state index is 6.14. The summed E-state index contributed by atoms with van der Waals surface area (Å²) in [6.45, 7) is 5.40. The largest absolute Gasteiger partial charge is 0.329 e. The maximum Gasteiger partial charge on any atom is 0.0416 e. The fraction of sp³-hybridized carbons (Fsp3) is 0.733. The fourth-order valence-electron chi connectivity index (χ4n) is 3.34. The zero-order valence-corrected chi connectivity index (χ0v) is 12.7. The summed E-state index contributed by atoms with van der Waals surface area (Å²) in [5, 5.41) is 2.16. The molecule has 0 amide bonds. The Labute approximate surface area is 115 Å². The van der Waals surface area contributed by atoms with Crippen LogP contribution in [0.25, 0.3) is 0 Å². The van der Waals surface area contributed by atoms with Crippen LogP contribution in [-0.4, -0.2) is 24.0 Å². The van der Waals surface area contributed by atoms with Gasteiger partial charge in [-0.1, -0.05) is 19.4 Å². The van der Waals surface area contributed by atoms with Gasteiger partial charge in [-0.25, -0.2) is 0 Å². The van der Waals surface area contributed by atoms with Crippen LogP contribution >= 0.6 is 11.3 Å². The van der Waals surface area contributed by atoms with Gasteiger partial charge in [-0.3, -0.25) is 4.90 Å². The molecule has 2 nitrogen and oxygen atoms in total. The summed E-state index contributed by atoms with van der Waals surface area (Å²) >= 11 is 1.85. The van der Waals surface area contributed by atoms with E-state index in [1.165, 1.54) is 30.6 Å². The number of hydrogen-bond donors (Lipinski definition) is 1. The lowest BCUT2D eigenvalue weighted by atomic mass is 9.91. The van der Waals surface area contributed by atoms with E-state index in [1.807, 2.05) is 11.3 Å². The molecule has 3 atom stereocenters. The average molecular weight is 266 g/mol. The molecular weight excluding hydrogens is 240 g/mol. The van der Waals surface area contributed by atoms with E-state index < -0.39 is 0 Å². The number of likely N-dealkylation sites (N-methyl/N-ethyl adjacent to an activating group) is 1. The summed E-state index contributed by atoms with van der Waals surface area (Å²) in [7, 11) is 2.26. The molecule has 1 aliphatic carbocycles. The molecule has 0 spiro atoms. The normalized spacial score (nSPS) is 29.9. The third-order valence-electron chi connectivity index (χ3n) is 4.93. The van der Waals surface area contributed by atoms with Crippen molar-refractivity contribution in [3.05, 3.63) is 22.4 Å². The van der Waals surface area contributed by atoms with E-state index in [1.54, 1.807) is 0 Å². The minimum absolute atomic E-state index is 0.226. The Bertz CT molecular complexity index is 363. The quantitative estimate of drug-likeness (QED) is 0.881. The number of nitrogens with two attached hydrogens (primary N) is 1. The Balaban J connectivity index is 2.13.